The molecule has 0 aromatic rings. The smallest absolute Gasteiger partial charge is 0.348 e. The molecule has 0 aliphatic carbocycles. The van der Waals surface area contributed by atoms with Crippen molar-refractivity contribution in [2.24, 2.45) is 0 Å². The van der Waals surface area contributed by atoms with Crippen LogP contribution in [-0.2, 0) is 19.1 Å². The molecule has 0 N–H and O–H groups in total. The Morgan fingerprint density at radius 1 is 1.07 bits per heavy atom. The van der Waals surface area contributed by atoms with Crippen LogP contribution in [0.4, 0.5) is 0 Å². The second-order valence-corrected chi connectivity index (χ2v) is 3.86. The lowest BCUT2D eigenvalue weighted by Gasteiger charge is -2.30. The number of carbonyl (C=O) groups is 2. The van der Waals surface area contributed by atoms with E-state index in [2.05, 4.69) is 0 Å². The molecule has 0 aromatic heterocycles. The Morgan fingerprint density at radius 3 is 1.80 bits per heavy atom. The number of allylic oxidation sites excluding steroid dienone is 1. The van der Waals surface area contributed by atoms with Gasteiger partial charge >= 0.3 is 11.9 Å². The Kier molecular flexibility index (Phi) is 3.17. The molecule has 84 valence electrons. The van der Waals surface area contributed by atoms with Crippen molar-refractivity contribution in [3.8, 4) is 0 Å². The fourth-order valence-corrected chi connectivity index (χ4v) is 1.54. The predicted molar refractivity (Wildman–Crippen MR) is 53.9 cm³/mol. The van der Waals surface area contributed by atoms with Crippen LogP contribution in [0.3, 0.4) is 0 Å². The van der Waals surface area contributed by atoms with E-state index in [0.717, 1.165) is 5.57 Å². The first-order chi connectivity index (χ1) is 6.91. The van der Waals surface area contributed by atoms with Gasteiger partial charge in [0.15, 0.2) is 0 Å². The molecule has 15 heavy (non-hydrogen) atoms. The molecule has 0 saturated carbocycles. The van der Waals surface area contributed by atoms with Crippen molar-refractivity contribution in [1.82, 2.24) is 0 Å². The molecular formula is C11H16O4. The summed E-state index contributed by atoms with van der Waals surface area (Å²) < 4.78 is 10.0. The largest absolute Gasteiger partial charge is 0.419 e. The molecule has 1 fully saturated rings. The minimum absolute atomic E-state index is 0.0688. The van der Waals surface area contributed by atoms with E-state index in [-0.39, 0.29) is 5.57 Å². The zero-order chi connectivity index (χ0) is 11.6. The number of rotatable bonds is 2. The highest BCUT2D eigenvalue weighted by molar-refractivity contribution is 6.16. The lowest BCUT2D eigenvalue weighted by atomic mass is 10.0. The monoisotopic (exact) mass is 212 g/mol. The molecule has 0 aromatic carbocycles. The van der Waals surface area contributed by atoms with E-state index in [0.29, 0.717) is 12.8 Å². The van der Waals surface area contributed by atoms with Crippen LogP contribution < -0.4 is 0 Å². The van der Waals surface area contributed by atoms with Gasteiger partial charge in [-0.1, -0.05) is 13.8 Å². The second-order valence-electron chi connectivity index (χ2n) is 3.86. The Labute approximate surface area is 89.2 Å². The van der Waals surface area contributed by atoms with Gasteiger partial charge in [-0.05, 0) is 18.4 Å². The van der Waals surface area contributed by atoms with Gasteiger partial charge in [-0.15, -0.1) is 0 Å². The number of carbonyl (C=O) groups excluding carboxylic acids is 2. The molecule has 1 rings (SSSR count). The van der Waals surface area contributed by atoms with Crippen molar-refractivity contribution < 1.29 is 19.1 Å². The molecular weight excluding hydrogens is 196 g/mol. The summed E-state index contributed by atoms with van der Waals surface area (Å²) in [6.07, 6.45) is 1.30. The van der Waals surface area contributed by atoms with E-state index in [1.807, 2.05) is 13.8 Å². The van der Waals surface area contributed by atoms with Crippen LogP contribution in [0, 0.1) is 0 Å². The van der Waals surface area contributed by atoms with Gasteiger partial charge in [0.25, 0.3) is 5.79 Å². The van der Waals surface area contributed by atoms with Crippen LogP contribution in [0.15, 0.2) is 11.1 Å². The summed E-state index contributed by atoms with van der Waals surface area (Å²) in [4.78, 5) is 23.2. The highest BCUT2D eigenvalue weighted by Crippen LogP contribution is 2.26. The summed E-state index contributed by atoms with van der Waals surface area (Å²) in [5.74, 6) is -2.30. The maximum atomic E-state index is 11.6. The Morgan fingerprint density at radius 2 is 1.47 bits per heavy atom. The Hall–Kier alpha value is -1.32. The Bertz CT molecular complexity index is 297. The first kappa shape index (κ1) is 11.8. The van der Waals surface area contributed by atoms with Crippen molar-refractivity contribution in [2.45, 2.75) is 46.3 Å². The fraction of sp³-hybridized carbons (Fsp3) is 0.636. The minimum Gasteiger partial charge on any atom is -0.419 e. The zero-order valence-corrected chi connectivity index (χ0v) is 9.55. The molecule has 0 radical (unpaired) electrons. The van der Waals surface area contributed by atoms with Gasteiger partial charge in [0.1, 0.15) is 5.57 Å². The maximum Gasteiger partial charge on any atom is 0.348 e. The van der Waals surface area contributed by atoms with Crippen LogP contribution in [0.25, 0.3) is 0 Å². The summed E-state index contributed by atoms with van der Waals surface area (Å²) in [7, 11) is 0. The molecule has 1 aliphatic rings. The molecule has 1 heterocycles. The SMILES string of the molecule is CCC(CC)=C1C(=O)OC(C)(C)OC1=O. The second kappa shape index (κ2) is 4.04. The molecule has 4 nitrogen and oxygen atoms in total. The highest BCUT2D eigenvalue weighted by Gasteiger charge is 2.39. The molecule has 0 bridgehead atoms. The van der Waals surface area contributed by atoms with Crippen LogP contribution in [0.5, 0.6) is 0 Å². The molecule has 4 heteroatoms. The van der Waals surface area contributed by atoms with Crippen molar-refractivity contribution >= 4 is 11.9 Å². The third-order valence-corrected chi connectivity index (χ3v) is 2.29. The standard InChI is InChI=1S/C11H16O4/c1-5-7(6-2)8-9(12)14-11(3,4)15-10(8)13/h5-6H2,1-4H3. The molecule has 1 saturated heterocycles. The van der Waals surface area contributed by atoms with Crippen molar-refractivity contribution in [3.63, 3.8) is 0 Å². The lowest BCUT2D eigenvalue weighted by Crippen LogP contribution is -2.42. The molecule has 0 spiro atoms. The average Bonchev–Trinajstić information content (AvgIpc) is 2.09. The highest BCUT2D eigenvalue weighted by atomic mass is 16.7. The average molecular weight is 212 g/mol. The van der Waals surface area contributed by atoms with E-state index in [9.17, 15) is 9.59 Å². The van der Waals surface area contributed by atoms with Crippen LogP contribution in [-0.4, -0.2) is 17.7 Å². The van der Waals surface area contributed by atoms with Crippen LogP contribution >= 0.6 is 0 Å². The number of hydrogen-bond acceptors (Lipinski definition) is 4. The fourth-order valence-electron chi connectivity index (χ4n) is 1.54. The third-order valence-electron chi connectivity index (χ3n) is 2.29. The number of cyclic esters (lactones) is 2. The van der Waals surface area contributed by atoms with Gasteiger partial charge in [0, 0.05) is 13.8 Å². The quantitative estimate of drug-likeness (QED) is 0.399. The summed E-state index contributed by atoms with van der Waals surface area (Å²) >= 11 is 0. The van der Waals surface area contributed by atoms with E-state index in [1.54, 1.807) is 0 Å². The Balaban J connectivity index is 3.08. The minimum atomic E-state index is -1.15. The number of esters is 2. The predicted octanol–water partition coefficient (Wildman–Crippen LogP) is 1.94. The lowest BCUT2D eigenvalue weighted by molar-refractivity contribution is -0.222. The van der Waals surface area contributed by atoms with Gasteiger partial charge in [-0.2, -0.15) is 0 Å². The first-order valence-corrected chi connectivity index (χ1v) is 5.10. The maximum absolute atomic E-state index is 11.6. The van der Waals surface area contributed by atoms with Gasteiger partial charge in [0.05, 0.1) is 0 Å². The van der Waals surface area contributed by atoms with Gasteiger partial charge in [-0.3, -0.25) is 0 Å². The molecule has 0 unspecified atom stereocenters. The summed E-state index contributed by atoms with van der Waals surface area (Å²) in [5.41, 5.74) is 0.847. The third kappa shape index (κ3) is 2.37. The zero-order valence-electron chi connectivity index (χ0n) is 9.55. The van der Waals surface area contributed by atoms with Crippen molar-refractivity contribution in [1.29, 1.82) is 0 Å². The van der Waals surface area contributed by atoms with Crippen molar-refractivity contribution in [2.75, 3.05) is 0 Å². The summed E-state index contributed by atoms with van der Waals surface area (Å²) in [6, 6.07) is 0. The number of ether oxygens (including phenoxy) is 2. The van der Waals surface area contributed by atoms with Crippen LogP contribution in [0.2, 0.25) is 0 Å². The van der Waals surface area contributed by atoms with Gasteiger partial charge < -0.3 is 9.47 Å². The molecule has 0 amide bonds. The number of hydrogen-bond donors (Lipinski definition) is 0. The van der Waals surface area contributed by atoms with Crippen molar-refractivity contribution in [3.05, 3.63) is 11.1 Å². The topological polar surface area (TPSA) is 52.6 Å². The van der Waals surface area contributed by atoms with Crippen LogP contribution in [0.1, 0.15) is 40.5 Å². The van der Waals surface area contributed by atoms with E-state index in [1.165, 1.54) is 13.8 Å². The van der Waals surface area contributed by atoms with E-state index >= 15 is 0 Å². The van der Waals surface area contributed by atoms with E-state index < -0.39 is 17.7 Å². The summed E-state index contributed by atoms with van der Waals surface area (Å²) in [5, 5.41) is 0. The summed E-state index contributed by atoms with van der Waals surface area (Å²) in [6.45, 7) is 6.87. The van der Waals surface area contributed by atoms with E-state index in [4.69, 9.17) is 9.47 Å². The molecule has 0 atom stereocenters. The first-order valence-electron chi connectivity index (χ1n) is 5.10. The molecule has 1 aliphatic heterocycles. The normalized spacial score (nSPS) is 19.6. The van der Waals surface area contributed by atoms with Gasteiger partial charge in [0.2, 0.25) is 0 Å². The van der Waals surface area contributed by atoms with Gasteiger partial charge in [-0.25, -0.2) is 9.59 Å².